The van der Waals surface area contributed by atoms with E-state index >= 15 is 0 Å². The van der Waals surface area contributed by atoms with E-state index in [1.807, 2.05) is 47.4 Å². The minimum atomic E-state index is -0.0422. The molecule has 0 spiro atoms. The fourth-order valence-electron chi connectivity index (χ4n) is 4.60. The first-order chi connectivity index (χ1) is 16.2. The molecule has 0 radical (unpaired) electrons. The summed E-state index contributed by atoms with van der Waals surface area (Å²) in [6.07, 6.45) is 5.27. The molecule has 1 saturated heterocycles. The van der Waals surface area contributed by atoms with Gasteiger partial charge < -0.3 is 19.6 Å². The lowest BCUT2D eigenvalue weighted by atomic mass is 10.0. The van der Waals surface area contributed by atoms with Crippen LogP contribution in [0.15, 0.2) is 61.1 Å². The first-order valence-electron chi connectivity index (χ1n) is 11.0. The Morgan fingerprint density at radius 3 is 2.88 bits per heavy atom. The van der Waals surface area contributed by atoms with E-state index in [9.17, 15) is 4.79 Å². The highest BCUT2D eigenvalue weighted by molar-refractivity contribution is 5.83. The first kappa shape index (κ1) is 19.5. The number of fused-ring (bicyclic) bond motifs is 2. The molecule has 4 heterocycles. The molecule has 0 bridgehead atoms. The molecule has 33 heavy (non-hydrogen) atoms. The fourth-order valence-corrected chi connectivity index (χ4v) is 4.60. The molecule has 6 rings (SSSR count). The zero-order chi connectivity index (χ0) is 22.4. The number of carbonyl (C=O) groups excluding carboxylic acids is 1. The van der Waals surface area contributed by atoms with Gasteiger partial charge in [0.2, 0.25) is 5.91 Å². The van der Waals surface area contributed by atoms with Gasteiger partial charge in [-0.25, -0.2) is 9.97 Å². The van der Waals surface area contributed by atoms with E-state index < -0.39 is 0 Å². The third kappa shape index (κ3) is 3.49. The van der Waals surface area contributed by atoms with Crippen LogP contribution in [-0.2, 0) is 4.79 Å². The Morgan fingerprint density at radius 2 is 2.03 bits per heavy atom. The molecule has 0 saturated carbocycles. The Kier molecular flexibility index (Phi) is 4.57. The van der Waals surface area contributed by atoms with Crippen LogP contribution in [0.2, 0.25) is 0 Å². The standard InChI is InChI=1S/C25H22N6O2/c1-15(32)31-10-4-6-23(31)17-12-21-22(30-25(29-21)19-5-2-3-9-26-19)13-24(17)33-16-7-8-18-20(11-16)28-14-27-18/h2-3,5,7-9,11-14,23H,4,6,10H2,1H3,(H,27,28)(H,29,30). The molecule has 0 aliphatic carbocycles. The molecule has 164 valence electrons. The number of likely N-dealkylation sites (tertiary alicyclic amines) is 1. The maximum Gasteiger partial charge on any atom is 0.219 e. The van der Waals surface area contributed by atoms with Gasteiger partial charge in [-0.15, -0.1) is 0 Å². The van der Waals surface area contributed by atoms with E-state index in [2.05, 4.69) is 26.0 Å². The number of hydrogen-bond acceptors (Lipinski definition) is 5. The lowest BCUT2D eigenvalue weighted by molar-refractivity contribution is -0.129. The minimum absolute atomic E-state index is 0.0422. The molecule has 1 unspecified atom stereocenters. The number of hydrogen-bond donors (Lipinski definition) is 2. The minimum Gasteiger partial charge on any atom is -0.457 e. The number of carbonyl (C=O) groups is 1. The van der Waals surface area contributed by atoms with Gasteiger partial charge in [-0.05, 0) is 43.2 Å². The van der Waals surface area contributed by atoms with E-state index in [0.717, 1.165) is 52.7 Å². The van der Waals surface area contributed by atoms with Crippen molar-refractivity contribution in [1.29, 1.82) is 0 Å². The highest BCUT2D eigenvalue weighted by Crippen LogP contribution is 2.41. The van der Waals surface area contributed by atoms with E-state index in [0.29, 0.717) is 17.3 Å². The van der Waals surface area contributed by atoms with Crippen LogP contribution in [0.1, 0.15) is 31.4 Å². The normalized spacial score (nSPS) is 16.0. The second-order valence-corrected chi connectivity index (χ2v) is 8.26. The van der Waals surface area contributed by atoms with Crippen molar-refractivity contribution in [1.82, 2.24) is 29.8 Å². The summed E-state index contributed by atoms with van der Waals surface area (Å²) in [5, 5.41) is 0. The van der Waals surface area contributed by atoms with Crippen LogP contribution >= 0.6 is 0 Å². The molecular formula is C25H22N6O2. The number of aromatic nitrogens is 5. The fraction of sp³-hybridized carbons (Fsp3) is 0.200. The number of pyridine rings is 1. The van der Waals surface area contributed by atoms with E-state index in [4.69, 9.17) is 9.72 Å². The van der Waals surface area contributed by atoms with Crippen LogP contribution in [0.3, 0.4) is 0 Å². The predicted octanol–water partition coefficient (Wildman–Crippen LogP) is 4.98. The van der Waals surface area contributed by atoms with Gasteiger partial charge in [-0.2, -0.15) is 0 Å². The second-order valence-electron chi connectivity index (χ2n) is 8.26. The van der Waals surface area contributed by atoms with Gasteiger partial charge in [0.15, 0.2) is 5.82 Å². The number of H-pyrrole nitrogens is 2. The van der Waals surface area contributed by atoms with Crippen molar-refractivity contribution in [2.45, 2.75) is 25.8 Å². The van der Waals surface area contributed by atoms with Gasteiger partial charge >= 0.3 is 0 Å². The number of aromatic amines is 2. The highest BCUT2D eigenvalue weighted by atomic mass is 16.5. The Bertz CT molecular complexity index is 1470. The molecular weight excluding hydrogens is 416 g/mol. The average Bonchev–Trinajstić information content (AvgIpc) is 3.57. The van der Waals surface area contributed by atoms with Crippen molar-refractivity contribution < 1.29 is 9.53 Å². The summed E-state index contributed by atoms with van der Waals surface area (Å²) in [7, 11) is 0. The summed E-state index contributed by atoms with van der Waals surface area (Å²) in [4.78, 5) is 34.2. The van der Waals surface area contributed by atoms with Crippen LogP contribution < -0.4 is 4.74 Å². The zero-order valence-corrected chi connectivity index (χ0v) is 18.1. The van der Waals surface area contributed by atoms with Crippen LogP contribution in [0.25, 0.3) is 33.6 Å². The third-order valence-electron chi connectivity index (χ3n) is 6.16. The van der Waals surface area contributed by atoms with Gasteiger partial charge in [0, 0.05) is 37.4 Å². The third-order valence-corrected chi connectivity index (χ3v) is 6.16. The van der Waals surface area contributed by atoms with Gasteiger partial charge in [0.25, 0.3) is 0 Å². The summed E-state index contributed by atoms with van der Waals surface area (Å²) >= 11 is 0. The monoisotopic (exact) mass is 438 g/mol. The number of benzene rings is 2. The maximum atomic E-state index is 12.3. The van der Waals surface area contributed by atoms with Gasteiger partial charge in [-0.3, -0.25) is 9.78 Å². The van der Waals surface area contributed by atoms with Crippen molar-refractivity contribution in [3.63, 3.8) is 0 Å². The summed E-state index contributed by atoms with van der Waals surface area (Å²) < 4.78 is 6.40. The molecule has 1 amide bonds. The quantitative estimate of drug-likeness (QED) is 0.412. The molecule has 1 aliphatic heterocycles. The number of rotatable bonds is 4. The Labute approximate surface area is 189 Å². The van der Waals surface area contributed by atoms with Crippen LogP contribution in [0, 0.1) is 0 Å². The van der Waals surface area contributed by atoms with E-state index in [-0.39, 0.29) is 11.9 Å². The van der Waals surface area contributed by atoms with Crippen molar-refractivity contribution in [3.05, 3.63) is 66.6 Å². The number of nitrogens with zero attached hydrogens (tertiary/aromatic N) is 4. The number of amides is 1. The van der Waals surface area contributed by atoms with Gasteiger partial charge in [0.1, 0.15) is 17.2 Å². The Morgan fingerprint density at radius 1 is 1.09 bits per heavy atom. The topological polar surface area (TPSA) is 99.8 Å². The van der Waals surface area contributed by atoms with Crippen LogP contribution in [0.5, 0.6) is 11.5 Å². The Balaban J connectivity index is 1.47. The number of imidazole rings is 2. The molecule has 3 aromatic heterocycles. The first-order valence-corrected chi connectivity index (χ1v) is 11.0. The molecule has 8 heteroatoms. The molecule has 8 nitrogen and oxygen atoms in total. The molecule has 5 aromatic rings. The van der Waals surface area contributed by atoms with Crippen molar-refractivity contribution >= 4 is 28.0 Å². The van der Waals surface area contributed by atoms with Crippen molar-refractivity contribution in [2.24, 2.45) is 0 Å². The molecule has 2 aromatic carbocycles. The number of nitrogens with one attached hydrogen (secondary N) is 2. The SMILES string of the molecule is CC(=O)N1CCCC1c1cc2[nH]c(-c3ccccn3)nc2cc1Oc1ccc2nc[nH]c2c1. The predicted molar refractivity (Wildman–Crippen MR) is 125 cm³/mol. The largest absolute Gasteiger partial charge is 0.457 e. The average molecular weight is 438 g/mol. The summed E-state index contributed by atoms with van der Waals surface area (Å²) in [6, 6.07) is 15.4. The molecule has 1 atom stereocenters. The van der Waals surface area contributed by atoms with E-state index in [1.165, 1.54) is 0 Å². The molecule has 1 fully saturated rings. The number of ether oxygens (including phenoxy) is 1. The summed E-state index contributed by atoms with van der Waals surface area (Å²) in [6.45, 7) is 2.37. The summed E-state index contributed by atoms with van der Waals surface area (Å²) in [5.41, 5.74) is 5.19. The summed E-state index contributed by atoms with van der Waals surface area (Å²) in [5.74, 6) is 2.16. The Hall–Kier alpha value is -4.20. The highest BCUT2D eigenvalue weighted by Gasteiger charge is 2.31. The van der Waals surface area contributed by atoms with E-state index in [1.54, 1.807) is 19.4 Å². The second kappa shape index (κ2) is 7.74. The van der Waals surface area contributed by atoms with Gasteiger partial charge in [0.05, 0.1) is 34.4 Å². The van der Waals surface area contributed by atoms with Gasteiger partial charge in [-0.1, -0.05) is 6.07 Å². The zero-order valence-electron chi connectivity index (χ0n) is 18.1. The maximum absolute atomic E-state index is 12.3. The van der Waals surface area contributed by atoms with Crippen LogP contribution in [0.4, 0.5) is 0 Å². The van der Waals surface area contributed by atoms with Crippen molar-refractivity contribution in [2.75, 3.05) is 6.54 Å². The van der Waals surface area contributed by atoms with Crippen LogP contribution in [-0.4, -0.2) is 42.3 Å². The molecule has 2 N–H and O–H groups in total. The molecule has 1 aliphatic rings. The lowest BCUT2D eigenvalue weighted by Crippen LogP contribution is -2.28. The van der Waals surface area contributed by atoms with Crippen molar-refractivity contribution in [3.8, 4) is 23.0 Å². The lowest BCUT2D eigenvalue weighted by Gasteiger charge is -2.25. The smallest absolute Gasteiger partial charge is 0.219 e.